The zero-order valence-corrected chi connectivity index (χ0v) is 15.8. The van der Waals surface area contributed by atoms with Crippen molar-refractivity contribution in [3.8, 4) is 11.4 Å². The number of rotatable bonds is 4. The Morgan fingerprint density at radius 2 is 2.00 bits per heavy atom. The molecule has 1 aromatic carbocycles. The fourth-order valence-corrected chi connectivity index (χ4v) is 3.80. The molecule has 0 spiro atoms. The summed E-state index contributed by atoms with van der Waals surface area (Å²) in [6.45, 7) is 3.81. The molecule has 0 radical (unpaired) electrons. The van der Waals surface area contributed by atoms with E-state index >= 15 is 0 Å². The summed E-state index contributed by atoms with van der Waals surface area (Å²) in [6, 6.07) is 9.10. The summed E-state index contributed by atoms with van der Waals surface area (Å²) in [5.74, 6) is 1.97. The van der Waals surface area contributed by atoms with Crippen molar-refractivity contribution >= 4 is 34.7 Å². The molecule has 1 N–H and O–H groups in total. The van der Waals surface area contributed by atoms with Gasteiger partial charge in [-0.2, -0.15) is 4.52 Å². The summed E-state index contributed by atoms with van der Waals surface area (Å²) in [5.41, 5.74) is 1.44. The summed E-state index contributed by atoms with van der Waals surface area (Å²) < 4.78 is 7.31. The first-order valence-corrected chi connectivity index (χ1v) is 9.38. The molecule has 0 bridgehead atoms. The molecule has 2 unspecified atom stereocenters. The lowest BCUT2D eigenvalue weighted by atomic mass is 9.96. The van der Waals surface area contributed by atoms with Crippen molar-refractivity contribution in [3.05, 3.63) is 40.4 Å². The van der Waals surface area contributed by atoms with Gasteiger partial charge in [0.05, 0.1) is 6.10 Å². The van der Waals surface area contributed by atoms with Gasteiger partial charge in [0.25, 0.3) is 0 Å². The maximum atomic E-state index is 6.11. The number of aromatic nitrogens is 4. The maximum absolute atomic E-state index is 6.11. The van der Waals surface area contributed by atoms with Crippen molar-refractivity contribution in [2.75, 3.05) is 18.5 Å². The molecule has 136 valence electrons. The molecule has 26 heavy (non-hydrogen) atoms. The third-order valence-electron chi connectivity index (χ3n) is 4.55. The van der Waals surface area contributed by atoms with E-state index in [2.05, 4.69) is 27.5 Å². The van der Waals surface area contributed by atoms with E-state index in [1.165, 1.54) is 0 Å². The van der Waals surface area contributed by atoms with E-state index in [9.17, 15) is 0 Å². The van der Waals surface area contributed by atoms with Crippen LogP contribution in [0.3, 0.4) is 0 Å². The standard InChI is InChI=1S/C18H19Cl2N5O/c1-11-6-12(4-5-26-11)10-21-16-2-3-17-22-23-18(25(17)24-16)13-7-14(19)9-15(20)8-13/h2-3,7-9,11-12H,4-6,10H2,1H3,(H,21,24). The van der Waals surface area contributed by atoms with Crippen LogP contribution in [0.2, 0.25) is 10.0 Å². The van der Waals surface area contributed by atoms with Crippen molar-refractivity contribution in [1.29, 1.82) is 0 Å². The highest BCUT2D eigenvalue weighted by Gasteiger charge is 2.19. The van der Waals surface area contributed by atoms with Gasteiger partial charge in [-0.15, -0.1) is 15.3 Å². The van der Waals surface area contributed by atoms with Gasteiger partial charge in [0.1, 0.15) is 5.82 Å². The molecule has 0 saturated carbocycles. The Morgan fingerprint density at radius 3 is 2.77 bits per heavy atom. The van der Waals surface area contributed by atoms with Gasteiger partial charge in [-0.1, -0.05) is 23.2 Å². The Kier molecular flexibility index (Phi) is 4.98. The number of nitrogens with one attached hydrogen (secondary N) is 1. The molecule has 2 atom stereocenters. The van der Waals surface area contributed by atoms with Gasteiger partial charge < -0.3 is 10.1 Å². The fraction of sp³-hybridized carbons (Fsp3) is 0.389. The monoisotopic (exact) mass is 391 g/mol. The van der Waals surface area contributed by atoms with Gasteiger partial charge in [-0.05, 0) is 56.0 Å². The van der Waals surface area contributed by atoms with Gasteiger partial charge >= 0.3 is 0 Å². The molecule has 1 saturated heterocycles. The quantitative estimate of drug-likeness (QED) is 0.716. The molecule has 3 heterocycles. The molecular weight excluding hydrogens is 373 g/mol. The minimum atomic E-state index is 0.322. The van der Waals surface area contributed by atoms with Crippen molar-refractivity contribution < 1.29 is 4.74 Å². The van der Waals surface area contributed by atoms with Gasteiger partial charge in [0.15, 0.2) is 11.5 Å². The number of fused-ring (bicyclic) bond motifs is 1. The van der Waals surface area contributed by atoms with E-state index in [4.69, 9.17) is 27.9 Å². The molecule has 3 aromatic rings. The first-order chi connectivity index (χ1) is 12.6. The van der Waals surface area contributed by atoms with Gasteiger partial charge in [0.2, 0.25) is 0 Å². The number of nitrogens with zero attached hydrogens (tertiary/aromatic N) is 4. The lowest BCUT2D eigenvalue weighted by molar-refractivity contribution is 0.00557. The molecule has 1 aliphatic rings. The van der Waals surface area contributed by atoms with Crippen LogP contribution >= 0.6 is 23.2 Å². The average Bonchev–Trinajstić information content (AvgIpc) is 3.02. The number of halogens is 2. The highest BCUT2D eigenvalue weighted by molar-refractivity contribution is 6.35. The van der Waals surface area contributed by atoms with E-state index in [-0.39, 0.29) is 0 Å². The second-order valence-corrected chi connectivity index (χ2v) is 7.50. The smallest absolute Gasteiger partial charge is 0.185 e. The van der Waals surface area contributed by atoms with Crippen LogP contribution in [0.1, 0.15) is 19.8 Å². The zero-order chi connectivity index (χ0) is 18.1. The van der Waals surface area contributed by atoms with Crippen LogP contribution in [0, 0.1) is 5.92 Å². The average molecular weight is 392 g/mol. The summed E-state index contributed by atoms with van der Waals surface area (Å²) in [4.78, 5) is 0. The van der Waals surface area contributed by atoms with Crippen LogP contribution in [0.5, 0.6) is 0 Å². The highest BCUT2D eigenvalue weighted by atomic mass is 35.5. The molecule has 1 fully saturated rings. The number of hydrogen-bond donors (Lipinski definition) is 1. The molecule has 4 rings (SSSR count). The van der Waals surface area contributed by atoms with Crippen LogP contribution in [0.25, 0.3) is 17.0 Å². The Balaban J connectivity index is 1.58. The largest absolute Gasteiger partial charge is 0.378 e. The van der Waals surface area contributed by atoms with E-state index in [0.717, 1.165) is 37.4 Å². The van der Waals surface area contributed by atoms with Crippen LogP contribution in [-0.2, 0) is 4.74 Å². The van der Waals surface area contributed by atoms with Crippen molar-refractivity contribution in [2.45, 2.75) is 25.9 Å². The van der Waals surface area contributed by atoms with E-state index in [1.54, 1.807) is 22.7 Å². The summed E-state index contributed by atoms with van der Waals surface area (Å²) in [6.07, 6.45) is 2.45. The van der Waals surface area contributed by atoms with Crippen molar-refractivity contribution in [2.24, 2.45) is 5.92 Å². The Bertz CT molecular complexity index is 909. The van der Waals surface area contributed by atoms with E-state index in [0.29, 0.717) is 33.5 Å². The van der Waals surface area contributed by atoms with E-state index < -0.39 is 0 Å². The predicted molar refractivity (Wildman–Crippen MR) is 103 cm³/mol. The van der Waals surface area contributed by atoms with Crippen LogP contribution in [0.4, 0.5) is 5.82 Å². The normalized spacial score (nSPS) is 20.4. The summed E-state index contributed by atoms with van der Waals surface area (Å²) in [7, 11) is 0. The molecule has 0 amide bonds. The Labute approximate surface area is 161 Å². The second-order valence-electron chi connectivity index (χ2n) is 6.62. The minimum absolute atomic E-state index is 0.322. The van der Waals surface area contributed by atoms with Gasteiger partial charge in [-0.25, -0.2) is 0 Å². The molecule has 8 heteroatoms. The van der Waals surface area contributed by atoms with Crippen LogP contribution < -0.4 is 5.32 Å². The molecule has 1 aliphatic heterocycles. The SMILES string of the molecule is CC1CC(CNc2ccc3nnc(-c4cc(Cl)cc(Cl)c4)n3n2)CCO1. The number of benzene rings is 1. The summed E-state index contributed by atoms with van der Waals surface area (Å²) >= 11 is 12.2. The van der Waals surface area contributed by atoms with Crippen molar-refractivity contribution in [3.63, 3.8) is 0 Å². The third-order valence-corrected chi connectivity index (χ3v) is 4.99. The van der Waals surface area contributed by atoms with Gasteiger partial charge in [0, 0.05) is 28.8 Å². The first-order valence-electron chi connectivity index (χ1n) is 8.63. The topological polar surface area (TPSA) is 64.3 Å². The molecule has 0 aliphatic carbocycles. The predicted octanol–water partition coefficient (Wildman–Crippen LogP) is 4.33. The second kappa shape index (κ2) is 7.39. The zero-order valence-electron chi connectivity index (χ0n) is 14.3. The molecule has 2 aromatic heterocycles. The number of hydrogen-bond acceptors (Lipinski definition) is 5. The maximum Gasteiger partial charge on any atom is 0.185 e. The first kappa shape index (κ1) is 17.5. The fourth-order valence-electron chi connectivity index (χ4n) is 3.27. The van der Waals surface area contributed by atoms with Gasteiger partial charge in [-0.3, -0.25) is 0 Å². The Hall–Kier alpha value is -1.89. The molecular formula is C18H19Cl2N5O. The number of anilines is 1. The van der Waals surface area contributed by atoms with E-state index in [1.807, 2.05) is 12.1 Å². The summed E-state index contributed by atoms with van der Waals surface area (Å²) in [5, 5.41) is 17.6. The third kappa shape index (κ3) is 3.77. The van der Waals surface area contributed by atoms with Crippen LogP contribution in [0.15, 0.2) is 30.3 Å². The number of ether oxygens (including phenoxy) is 1. The Morgan fingerprint density at radius 1 is 1.19 bits per heavy atom. The lowest BCUT2D eigenvalue weighted by Crippen LogP contribution is -2.28. The highest BCUT2D eigenvalue weighted by Crippen LogP contribution is 2.26. The van der Waals surface area contributed by atoms with Crippen molar-refractivity contribution in [1.82, 2.24) is 19.8 Å². The molecule has 6 nitrogen and oxygen atoms in total. The van der Waals surface area contributed by atoms with Crippen LogP contribution in [-0.4, -0.2) is 39.1 Å². The minimum Gasteiger partial charge on any atom is -0.378 e. The lowest BCUT2D eigenvalue weighted by Gasteiger charge is -2.27.